The minimum atomic E-state index is 0.657. The van der Waals surface area contributed by atoms with E-state index in [0.717, 1.165) is 22.3 Å². The molecule has 0 aliphatic rings. The van der Waals surface area contributed by atoms with E-state index < -0.39 is 0 Å². The van der Waals surface area contributed by atoms with Crippen molar-refractivity contribution in [3.8, 4) is 56.4 Å². The van der Waals surface area contributed by atoms with E-state index in [4.69, 9.17) is 15.0 Å². The average molecular weight is 718 g/mol. The Kier molecular flexibility index (Phi) is 9.19. The lowest BCUT2D eigenvalue weighted by atomic mass is 9.58. The van der Waals surface area contributed by atoms with Crippen molar-refractivity contribution in [3.05, 3.63) is 121 Å². The highest BCUT2D eigenvalue weighted by Crippen LogP contribution is 2.37. The summed E-state index contributed by atoms with van der Waals surface area (Å²) in [5.41, 5.74) is 19.6. The third-order valence-corrected chi connectivity index (χ3v) is 13.0. The Morgan fingerprint density at radius 1 is 0.281 bits per heavy atom. The molecular formula is C45H38B9N3. The molecule has 0 fully saturated rings. The van der Waals surface area contributed by atoms with Gasteiger partial charge in [0.15, 0.2) is 17.5 Å². The van der Waals surface area contributed by atoms with Gasteiger partial charge in [0.2, 0.25) is 0 Å². The monoisotopic (exact) mass is 719 g/mol. The lowest BCUT2D eigenvalue weighted by Gasteiger charge is -2.26. The van der Waals surface area contributed by atoms with Gasteiger partial charge in [0.05, 0.1) is 0 Å². The molecule has 12 heteroatoms. The fourth-order valence-corrected chi connectivity index (χ4v) is 9.20. The molecule has 0 spiro atoms. The van der Waals surface area contributed by atoms with E-state index in [2.05, 4.69) is 186 Å². The number of benzene rings is 8. The summed E-state index contributed by atoms with van der Waals surface area (Å²) in [6.45, 7) is 0. The number of aromatic nitrogens is 3. The topological polar surface area (TPSA) is 38.7 Å². The van der Waals surface area contributed by atoms with Crippen LogP contribution in [0.2, 0.25) is 0 Å². The fraction of sp³-hybridized carbons (Fsp3) is 0. The molecule has 260 valence electrons. The zero-order valence-corrected chi connectivity index (χ0v) is 34.4. The summed E-state index contributed by atoms with van der Waals surface area (Å²) >= 11 is 0. The highest BCUT2D eigenvalue weighted by Gasteiger charge is 2.25. The molecule has 0 saturated heterocycles. The Morgan fingerprint density at radius 2 is 0.684 bits per heavy atom. The van der Waals surface area contributed by atoms with Crippen molar-refractivity contribution in [1.82, 2.24) is 15.0 Å². The summed E-state index contributed by atoms with van der Waals surface area (Å²) < 4.78 is 0. The molecule has 0 aliphatic heterocycles. The molecule has 1 aromatic heterocycles. The van der Waals surface area contributed by atoms with Crippen molar-refractivity contribution >= 4 is 152 Å². The molecule has 9 rings (SSSR count). The summed E-state index contributed by atoms with van der Waals surface area (Å²) in [6, 6.07) is 42.9. The number of rotatable bonds is 5. The van der Waals surface area contributed by atoms with Crippen LogP contribution < -0.4 is 49.2 Å². The second kappa shape index (κ2) is 14.3. The van der Waals surface area contributed by atoms with Gasteiger partial charge in [0.1, 0.15) is 70.6 Å². The second-order valence-electron chi connectivity index (χ2n) is 15.8. The third-order valence-electron chi connectivity index (χ3n) is 13.0. The van der Waals surface area contributed by atoms with Gasteiger partial charge in [0, 0.05) is 16.7 Å². The van der Waals surface area contributed by atoms with Crippen LogP contribution in [0.15, 0.2) is 121 Å². The first-order chi connectivity index (χ1) is 27.5. The summed E-state index contributed by atoms with van der Waals surface area (Å²) in [6.07, 6.45) is 0. The molecule has 8 aromatic carbocycles. The van der Waals surface area contributed by atoms with Crippen LogP contribution in [0.4, 0.5) is 0 Å². The van der Waals surface area contributed by atoms with Gasteiger partial charge in [-0.25, -0.2) is 15.0 Å². The molecule has 1 heterocycles. The maximum atomic E-state index is 5.46. The van der Waals surface area contributed by atoms with Crippen LogP contribution in [-0.2, 0) is 0 Å². The summed E-state index contributed by atoms with van der Waals surface area (Å²) in [7, 11) is 20.5. The van der Waals surface area contributed by atoms with Crippen molar-refractivity contribution in [2.45, 2.75) is 0 Å². The molecule has 0 amide bonds. The number of hydrogen-bond donors (Lipinski definition) is 0. The third kappa shape index (κ3) is 5.92. The van der Waals surface area contributed by atoms with Crippen molar-refractivity contribution in [1.29, 1.82) is 0 Å². The van der Waals surface area contributed by atoms with Crippen LogP contribution in [0.3, 0.4) is 0 Å². The first kappa shape index (κ1) is 36.8. The minimum Gasteiger partial charge on any atom is -0.208 e. The van der Waals surface area contributed by atoms with E-state index in [1.54, 1.807) is 0 Å². The van der Waals surface area contributed by atoms with Crippen molar-refractivity contribution in [2.75, 3.05) is 0 Å². The van der Waals surface area contributed by atoms with Gasteiger partial charge in [-0.15, -0.1) is 21.9 Å². The van der Waals surface area contributed by atoms with Crippen molar-refractivity contribution < 1.29 is 0 Å². The van der Waals surface area contributed by atoms with E-state index in [0.29, 0.717) is 17.5 Å². The van der Waals surface area contributed by atoms with Crippen LogP contribution in [0, 0.1) is 0 Å². The van der Waals surface area contributed by atoms with Crippen LogP contribution in [0.25, 0.3) is 88.7 Å². The highest BCUT2D eigenvalue weighted by molar-refractivity contribution is 6.73. The van der Waals surface area contributed by atoms with Gasteiger partial charge >= 0.3 is 0 Å². The Bertz CT molecular complexity index is 3120. The van der Waals surface area contributed by atoms with Gasteiger partial charge in [0.25, 0.3) is 0 Å². The van der Waals surface area contributed by atoms with Gasteiger partial charge in [-0.1, -0.05) is 143 Å². The van der Waals surface area contributed by atoms with Crippen LogP contribution >= 0.6 is 0 Å². The summed E-state index contributed by atoms with van der Waals surface area (Å²) in [4.78, 5) is 16.1. The van der Waals surface area contributed by atoms with E-state index in [1.807, 2.05) is 6.07 Å². The molecule has 0 aliphatic carbocycles. The SMILES string of the molecule is Bc1c(B)c(B)c2c(c1B)c(B)c(-c1nc(-c3ccccc3)nc(-c3cccc(-c4ccc(-c5ccccc5)c5ccccc45)c3)n1)c1c(B)c(B)c(B)c(B)c12. The zero-order valence-electron chi connectivity index (χ0n) is 34.4. The lowest BCUT2D eigenvalue weighted by Crippen LogP contribution is -2.51. The Balaban J connectivity index is 1.33. The molecule has 0 bridgehead atoms. The van der Waals surface area contributed by atoms with Crippen LogP contribution in [0.1, 0.15) is 0 Å². The van der Waals surface area contributed by atoms with Crippen molar-refractivity contribution in [2.24, 2.45) is 0 Å². The first-order valence-electron chi connectivity index (χ1n) is 20.0. The second-order valence-corrected chi connectivity index (χ2v) is 15.8. The lowest BCUT2D eigenvalue weighted by molar-refractivity contribution is 1.08. The Hall–Kier alpha value is -5.87. The van der Waals surface area contributed by atoms with Gasteiger partial charge in [-0.3, -0.25) is 0 Å². The van der Waals surface area contributed by atoms with Gasteiger partial charge in [-0.05, 0) is 60.6 Å². The minimum absolute atomic E-state index is 0.657. The number of nitrogens with zero attached hydrogens (tertiary/aromatic N) is 3. The van der Waals surface area contributed by atoms with E-state index >= 15 is 0 Å². The highest BCUT2D eigenvalue weighted by atomic mass is 15.0. The molecular weight excluding hydrogens is 680 g/mol. The molecule has 57 heavy (non-hydrogen) atoms. The summed E-state index contributed by atoms with van der Waals surface area (Å²) in [5.74, 6) is 2.02. The molecule has 3 nitrogen and oxygen atoms in total. The molecule has 0 unspecified atom stereocenters. The molecule has 9 aromatic rings. The predicted molar refractivity (Wildman–Crippen MR) is 273 cm³/mol. The Morgan fingerprint density at radius 3 is 1.26 bits per heavy atom. The summed E-state index contributed by atoms with van der Waals surface area (Å²) in [5, 5.41) is 7.65. The standard InChI is InChI=1S/C45H38B9N3/c46-34-32-30(36(48)40(52)42(54)38(32)50)29-31(37(49)41(53)39(51)35(29)47)33(34)45-56-43(22-12-5-2-6-13-22)55-44(57-45)24-15-9-14-23(20-24)26-19-18-25(21-10-3-1-4-11-21)27-16-7-8-17-28(26)27/h1-20H,46-54H2. The van der Waals surface area contributed by atoms with E-state index in [9.17, 15) is 0 Å². The predicted octanol–water partition coefficient (Wildman–Crippen LogP) is -4.01. The number of hydrogen-bond acceptors (Lipinski definition) is 3. The van der Waals surface area contributed by atoms with Gasteiger partial charge < -0.3 is 0 Å². The maximum Gasteiger partial charge on any atom is 0.164 e. The smallest absolute Gasteiger partial charge is 0.164 e. The van der Waals surface area contributed by atoms with E-state index in [1.165, 1.54) is 98.2 Å². The fourth-order valence-electron chi connectivity index (χ4n) is 9.20. The first-order valence-corrected chi connectivity index (χ1v) is 20.0. The van der Waals surface area contributed by atoms with Crippen LogP contribution in [-0.4, -0.2) is 85.6 Å². The van der Waals surface area contributed by atoms with E-state index in [-0.39, 0.29) is 0 Å². The zero-order chi connectivity index (χ0) is 39.7. The Labute approximate surface area is 343 Å². The molecule has 0 atom stereocenters. The number of fused-ring (bicyclic) bond motifs is 4. The quantitative estimate of drug-likeness (QED) is 0.135. The molecule has 0 saturated carbocycles. The van der Waals surface area contributed by atoms with Gasteiger partial charge in [-0.2, -0.15) is 0 Å². The van der Waals surface area contributed by atoms with Crippen molar-refractivity contribution in [3.63, 3.8) is 0 Å². The largest absolute Gasteiger partial charge is 0.208 e. The van der Waals surface area contributed by atoms with Crippen LogP contribution in [0.5, 0.6) is 0 Å². The maximum absolute atomic E-state index is 5.46. The molecule has 0 radical (unpaired) electrons. The normalized spacial score (nSPS) is 11.4. The molecule has 0 N–H and O–H groups in total. The average Bonchev–Trinajstić information content (AvgIpc) is 3.25.